The summed E-state index contributed by atoms with van der Waals surface area (Å²) in [7, 11) is 0. The second-order valence-electron chi connectivity index (χ2n) is 8.03. The molecule has 178 valence electrons. The fourth-order valence-corrected chi connectivity index (χ4v) is 3.95. The Morgan fingerprint density at radius 3 is 2.47 bits per heavy atom. The van der Waals surface area contributed by atoms with Gasteiger partial charge in [-0.05, 0) is 59.4 Å². The van der Waals surface area contributed by atoms with E-state index in [1.165, 1.54) is 4.80 Å². The molecule has 1 aromatic heterocycles. The molecule has 1 aliphatic heterocycles. The second kappa shape index (κ2) is 10.6. The number of tetrazole rings is 1. The summed E-state index contributed by atoms with van der Waals surface area (Å²) >= 11 is 6.42. The lowest BCUT2D eigenvalue weighted by Crippen LogP contribution is -2.55. The number of nitrogens with zero attached hydrogens (tertiary/aromatic N) is 4. The Morgan fingerprint density at radius 2 is 1.79 bits per heavy atom. The van der Waals surface area contributed by atoms with Crippen molar-refractivity contribution < 1.29 is 25.2 Å². The third-order valence-electron chi connectivity index (χ3n) is 5.69. The van der Waals surface area contributed by atoms with Crippen LogP contribution < -0.4 is 0 Å². The summed E-state index contributed by atoms with van der Waals surface area (Å²) in [6, 6.07) is 12.9. The number of aromatic nitrogens is 4. The van der Waals surface area contributed by atoms with Gasteiger partial charge in [0.25, 0.3) is 0 Å². The maximum absolute atomic E-state index is 10.4. The van der Waals surface area contributed by atoms with E-state index in [1.54, 1.807) is 18.2 Å². The molecule has 9 nitrogen and oxygen atoms in total. The van der Waals surface area contributed by atoms with Gasteiger partial charge in [0.2, 0.25) is 5.82 Å². The summed E-state index contributed by atoms with van der Waals surface area (Å²) in [5.74, 6) is 6.26. The minimum Gasteiger partial charge on any atom is -0.394 e. The van der Waals surface area contributed by atoms with Crippen LogP contribution in [-0.2, 0) is 17.7 Å². The van der Waals surface area contributed by atoms with E-state index in [0.29, 0.717) is 29.4 Å². The summed E-state index contributed by atoms with van der Waals surface area (Å²) in [5.41, 5.74) is 3.19. The number of aryl methyl sites for hydroxylation is 1. The van der Waals surface area contributed by atoms with E-state index in [2.05, 4.69) is 27.3 Å². The molecule has 2 heterocycles. The van der Waals surface area contributed by atoms with Gasteiger partial charge in [0.15, 0.2) is 0 Å². The number of halogens is 1. The van der Waals surface area contributed by atoms with Crippen LogP contribution in [0.15, 0.2) is 42.5 Å². The minimum atomic E-state index is -1.44. The van der Waals surface area contributed by atoms with Gasteiger partial charge in [-0.3, -0.25) is 0 Å². The molecule has 2 aromatic carbocycles. The van der Waals surface area contributed by atoms with Crippen LogP contribution in [0.1, 0.15) is 41.1 Å². The zero-order valence-electron chi connectivity index (χ0n) is 18.4. The zero-order valence-corrected chi connectivity index (χ0v) is 19.2. The molecule has 0 spiro atoms. The van der Waals surface area contributed by atoms with E-state index in [4.69, 9.17) is 16.3 Å². The number of hydrogen-bond donors (Lipinski definition) is 4. The Balaban J connectivity index is 1.49. The summed E-state index contributed by atoms with van der Waals surface area (Å²) < 4.78 is 5.66. The maximum atomic E-state index is 10.4. The van der Waals surface area contributed by atoms with Crippen LogP contribution in [0.4, 0.5) is 0 Å². The summed E-state index contributed by atoms with van der Waals surface area (Å²) in [6.45, 7) is 2.07. The van der Waals surface area contributed by atoms with E-state index in [1.807, 2.05) is 31.2 Å². The predicted molar refractivity (Wildman–Crippen MR) is 123 cm³/mol. The quantitative estimate of drug-likeness (QED) is 0.392. The highest BCUT2D eigenvalue weighted by molar-refractivity contribution is 6.31. The van der Waals surface area contributed by atoms with Crippen molar-refractivity contribution in [2.75, 3.05) is 6.61 Å². The van der Waals surface area contributed by atoms with Crippen LogP contribution in [0.2, 0.25) is 5.02 Å². The number of benzene rings is 2. The average Bonchev–Trinajstić information content (AvgIpc) is 3.32. The highest BCUT2D eigenvalue weighted by Crippen LogP contribution is 2.34. The van der Waals surface area contributed by atoms with Gasteiger partial charge < -0.3 is 25.2 Å². The van der Waals surface area contributed by atoms with Crippen molar-refractivity contribution in [3.05, 3.63) is 75.6 Å². The molecule has 34 heavy (non-hydrogen) atoms. The topological polar surface area (TPSA) is 134 Å². The molecule has 0 bridgehead atoms. The van der Waals surface area contributed by atoms with Crippen LogP contribution in [0.3, 0.4) is 0 Å². The first kappa shape index (κ1) is 24.3. The Labute approximate surface area is 201 Å². The molecule has 0 amide bonds. The van der Waals surface area contributed by atoms with Gasteiger partial charge in [-0.15, -0.1) is 5.10 Å². The molecule has 0 unspecified atom stereocenters. The SMILES string of the molecule is CCn1nnc(C#Cc2ccc(Cc3cc([C@@H]4O[C@H](CO)[C@@H](O)[C@H](O)[C@H]4O)ccc3Cl)cc2)n1. The minimum absolute atomic E-state index is 0.364. The Morgan fingerprint density at radius 1 is 1.03 bits per heavy atom. The number of rotatable bonds is 5. The molecule has 0 saturated carbocycles. The molecule has 4 rings (SSSR count). The van der Waals surface area contributed by atoms with Gasteiger partial charge in [0.1, 0.15) is 30.5 Å². The number of aliphatic hydroxyl groups excluding tert-OH is 4. The van der Waals surface area contributed by atoms with Crippen molar-refractivity contribution in [2.24, 2.45) is 0 Å². The Kier molecular flexibility index (Phi) is 7.58. The Bertz CT molecular complexity index is 1190. The largest absolute Gasteiger partial charge is 0.394 e. The van der Waals surface area contributed by atoms with Crippen molar-refractivity contribution in [3.8, 4) is 11.8 Å². The summed E-state index contributed by atoms with van der Waals surface area (Å²) in [6.07, 6.45) is -5.56. The first-order valence-electron chi connectivity index (χ1n) is 10.9. The van der Waals surface area contributed by atoms with Crippen LogP contribution in [0.5, 0.6) is 0 Å². The smallest absolute Gasteiger partial charge is 0.248 e. The molecule has 1 saturated heterocycles. The van der Waals surface area contributed by atoms with Crippen LogP contribution in [-0.4, -0.2) is 71.7 Å². The van der Waals surface area contributed by atoms with Crippen molar-refractivity contribution >= 4 is 11.6 Å². The number of aliphatic hydroxyl groups is 4. The second-order valence-corrected chi connectivity index (χ2v) is 8.43. The lowest BCUT2D eigenvalue weighted by atomic mass is 9.90. The van der Waals surface area contributed by atoms with E-state index in [-0.39, 0.29) is 0 Å². The standard InChI is InChI=1S/C24H25ClN4O5/c1-2-29-27-20(26-28-29)10-7-14-3-5-15(6-4-14)11-17-12-16(8-9-18(17)25)24-23(33)22(32)21(31)19(13-30)34-24/h3-6,8-9,12,19,21-24,30-33H,2,11,13H2,1H3/t19-,21-,22+,23-,24+/m1/s1. The van der Waals surface area contributed by atoms with Crippen molar-refractivity contribution in [1.82, 2.24) is 20.2 Å². The van der Waals surface area contributed by atoms with Crippen LogP contribution in [0, 0.1) is 11.8 Å². The molecule has 0 radical (unpaired) electrons. The van der Waals surface area contributed by atoms with Gasteiger partial charge in [0, 0.05) is 10.6 Å². The molecule has 1 fully saturated rings. The fraction of sp³-hybridized carbons (Fsp3) is 0.375. The van der Waals surface area contributed by atoms with E-state index in [9.17, 15) is 20.4 Å². The first-order chi connectivity index (χ1) is 16.4. The van der Waals surface area contributed by atoms with Gasteiger partial charge in [0.05, 0.1) is 13.2 Å². The molecule has 4 N–H and O–H groups in total. The monoisotopic (exact) mass is 484 g/mol. The van der Waals surface area contributed by atoms with E-state index < -0.39 is 37.1 Å². The van der Waals surface area contributed by atoms with Gasteiger partial charge >= 0.3 is 0 Å². The van der Waals surface area contributed by atoms with Gasteiger partial charge in [-0.2, -0.15) is 4.80 Å². The van der Waals surface area contributed by atoms with E-state index in [0.717, 1.165) is 16.7 Å². The highest BCUT2D eigenvalue weighted by Gasteiger charge is 2.44. The van der Waals surface area contributed by atoms with Crippen LogP contribution in [0.25, 0.3) is 0 Å². The number of ether oxygens (including phenoxy) is 1. The highest BCUT2D eigenvalue weighted by atomic mass is 35.5. The maximum Gasteiger partial charge on any atom is 0.248 e. The third kappa shape index (κ3) is 5.28. The normalized spacial score (nSPS) is 24.5. The molecule has 10 heteroatoms. The van der Waals surface area contributed by atoms with E-state index >= 15 is 0 Å². The summed E-state index contributed by atoms with van der Waals surface area (Å²) in [5, 5.41) is 52.4. The molecule has 5 atom stereocenters. The zero-order chi connectivity index (χ0) is 24.2. The molecule has 1 aliphatic rings. The third-order valence-corrected chi connectivity index (χ3v) is 6.06. The van der Waals surface area contributed by atoms with Crippen molar-refractivity contribution in [1.29, 1.82) is 0 Å². The molecular weight excluding hydrogens is 460 g/mol. The lowest BCUT2D eigenvalue weighted by Gasteiger charge is -2.40. The lowest BCUT2D eigenvalue weighted by molar-refractivity contribution is -0.231. The summed E-state index contributed by atoms with van der Waals surface area (Å²) in [4.78, 5) is 1.47. The van der Waals surface area contributed by atoms with Crippen LogP contribution >= 0.6 is 11.6 Å². The van der Waals surface area contributed by atoms with Gasteiger partial charge in [-0.25, -0.2) is 0 Å². The molecule has 3 aromatic rings. The molecule has 0 aliphatic carbocycles. The van der Waals surface area contributed by atoms with Crippen molar-refractivity contribution in [3.63, 3.8) is 0 Å². The number of hydrogen-bond acceptors (Lipinski definition) is 8. The Hall–Kier alpha value is -2.84. The average molecular weight is 485 g/mol. The predicted octanol–water partition coefficient (Wildman–Crippen LogP) is 0.852. The van der Waals surface area contributed by atoms with Crippen molar-refractivity contribution in [2.45, 2.75) is 50.4 Å². The molecular formula is C24H25ClN4O5. The first-order valence-corrected chi connectivity index (χ1v) is 11.2. The van der Waals surface area contributed by atoms with Gasteiger partial charge in [-0.1, -0.05) is 46.9 Å². The fourth-order valence-electron chi connectivity index (χ4n) is 3.77.